The van der Waals surface area contributed by atoms with E-state index >= 15 is 0 Å². The fourth-order valence-electron chi connectivity index (χ4n) is 4.25. The lowest BCUT2D eigenvalue weighted by Gasteiger charge is -2.39. The second kappa shape index (κ2) is 9.51. The topological polar surface area (TPSA) is 36.7 Å². The summed E-state index contributed by atoms with van der Waals surface area (Å²) in [4.78, 5) is 14.1. The third-order valence-electron chi connectivity index (χ3n) is 5.67. The number of benzene rings is 2. The molecule has 0 aliphatic carbocycles. The van der Waals surface area contributed by atoms with Crippen molar-refractivity contribution >= 4 is 22.8 Å². The van der Waals surface area contributed by atoms with Gasteiger partial charge in [0.25, 0.3) is 0 Å². The molecule has 0 radical (unpaired) electrons. The summed E-state index contributed by atoms with van der Waals surface area (Å²) in [6, 6.07) is 23.9. The van der Waals surface area contributed by atoms with Gasteiger partial charge >= 0.3 is 0 Å². The Morgan fingerprint density at radius 3 is 2.03 bits per heavy atom. The number of nitrogens with zero attached hydrogens (tertiary/aromatic N) is 5. The Labute approximate surface area is 187 Å². The summed E-state index contributed by atoms with van der Waals surface area (Å²) in [5.41, 5.74) is 3.80. The average molecular weight is 464 g/mol. The molecule has 1 aliphatic heterocycles. The summed E-state index contributed by atoms with van der Waals surface area (Å²) < 4.78 is 1.99. The number of piperazine rings is 1. The zero-order valence-corrected chi connectivity index (χ0v) is 18.6. The van der Waals surface area contributed by atoms with E-state index in [0.717, 1.165) is 44.2 Å². The van der Waals surface area contributed by atoms with Crippen molar-refractivity contribution in [3.05, 3.63) is 102 Å². The Morgan fingerprint density at radius 1 is 0.800 bits per heavy atom. The van der Waals surface area contributed by atoms with Crippen LogP contribution in [-0.4, -0.2) is 50.3 Å². The zero-order chi connectivity index (χ0) is 19.5. The van der Waals surface area contributed by atoms with Crippen LogP contribution in [0.3, 0.4) is 0 Å². The maximum absolute atomic E-state index is 4.65. The molecular weight excluding hydrogens is 438 g/mol. The van der Waals surface area contributed by atoms with E-state index in [1.54, 1.807) is 6.20 Å². The monoisotopic (exact) mass is 463 g/mol. The van der Waals surface area contributed by atoms with E-state index in [4.69, 9.17) is 0 Å². The molecule has 2 aromatic heterocycles. The van der Waals surface area contributed by atoms with Crippen molar-refractivity contribution in [3.63, 3.8) is 0 Å². The highest BCUT2D eigenvalue weighted by Crippen LogP contribution is 2.29. The van der Waals surface area contributed by atoms with E-state index < -0.39 is 0 Å². The highest BCUT2D eigenvalue weighted by Gasteiger charge is 2.26. The Morgan fingerprint density at radius 2 is 1.43 bits per heavy atom. The first-order chi connectivity index (χ1) is 14.4. The standard InChI is InChI=1S/C24H25N5.BrH/c1-3-8-20(9-4-1)23(21-10-5-2-6-11-21)28-16-14-27(15-17-28)18-22-19-29-13-7-12-25-24(29)26-22;/h1-13,19,23H,14-18H2;1H. The second-order valence-electron chi connectivity index (χ2n) is 7.60. The summed E-state index contributed by atoms with van der Waals surface area (Å²) in [6.07, 6.45) is 5.88. The van der Waals surface area contributed by atoms with Gasteiger partial charge in [0.2, 0.25) is 5.78 Å². The predicted octanol–water partition coefficient (Wildman–Crippen LogP) is 4.21. The van der Waals surface area contributed by atoms with Crippen molar-refractivity contribution in [1.82, 2.24) is 24.2 Å². The molecule has 2 aromatic carbocycles. The zero-order valence-electron chi connectivity index (χ0n) is 16.8. The SMILES string of the molecule is Br.c1ccc(C(c2ccccc2)N2CCN(Cc3cn4cccnc4n3)CC2)cc1. The number of fused-ring (bicyclic) bond motifs is 1. The van der Waals surface area contributed by atoms with Crippen LogP contribution in [0.1, 0.15) is 22.9 Å². The fraction of sp³-hybridized carbons (Fsp3) is 0.250. The minimum Gasteiger partial charge on any atom is -0.295 e. The van der Waals surface area contributed by atoms with Gasteiger partial charge in [0, 0.05) is 51.3 Å². The number of hydrogen-bond donors (Lipinski definition) is 0. The molecule has 6 heteroatoms. The summed E-state index contributed by atoms with van der Waals surface area (Å²) in [5.74, 6) is 0.773. The molecule has 5 rings (SSSR count). The molecule has 5 nitrogen and oxygen atoms in total. The van der Waals surface area contributed by atoms with E-state index in [1.807, 2.05) is 16.7 Å². The van der Waals surface area contributed by atoms with E-state index in [-0.39, 0.29) is 17.0 Å². The van der Waals surface area contributed by atoms with Crippen molar-refractivity contribution in [3.8, 4) is 0 Å². The summed E-state index contributed by atoms with van der Waals surface area (Å²) in [6.45, 7) is 5.04. The van der Waals surface area contributed by atoms with Crippen LogP contribution in [0.5, 0.6) is 0 Å². The molecule has 0 unspecified atom stereocenters. The Hall–Kier alpha value is -2.54. The lowest BCUT2D eigenvalue weighted by Crippen LogP contribution is -2.47. The van der Waals surface area contributed by atoms with Crippen LogP contribution in [-0.2, 0) is 6.54 Å². The van der Waals surface area contributed by atoms with Crippen LogP contribution in [0.2, 0.25) is 0 Å². The molecule has 154 valence electrons. The quantitative estimate of drug-likeness (QED) is 0.444. The van der Waals surface area contributed by atoms with Crippen molar-refractivity contribution < 1.29 is 0 Å². The van der Waals surface area contributed by atoms with Gasteiger partial charge < -0.3 is 0 Å². The third-order valence-corrected chi connectivity index (χ3v) is 5.67. The molecule has 1 fully saturated rings. The molecule has 0 N–H and O–H groups in total. The number of rotatable bonds is 5. The van der Waals surface area contributed by atoms with Gasteiger partial charge in [-0.25, -0.2) is 9.97 Å². The van der Waals surface area contributed by atoms with Crippen LogP contribution < -0.4 is 0 Å². The van der Waals surface area contributed by atoms with Crippen LogP contribution in [0.25, 0.3) is 5.78 Å². The van der Waals surface area contributed by atoms with Gasteiger partial charge in [0.05, 0.1) is 11.7 Å². The molecular formula is C24H26BrN5. The molecule has 3 heterocycles. The molecule has 0 atom stereocenters. The summed E-state index contributed by atoms with van der Waals surface area (Å²) >= 11 is 0. The van der Waals surface area contributed by atoms with Crippen LogP contribution in [0.4, 0.5) is 0 Å². The van der Waals surface area contributed by atoms with Crippen LogP contribution >= 0.6 is 17.0 Å². The number of aromatic nitrogens is 3. The number of hydrogen-bond acceptors (Lipinski definition) is 4. The van der Waals surface area contributed by atoms with Gasteiger partial charge in [-0.05, 0) is 17.2 Å². The molecule has 0 bridgehead atoms. The van der Waals surface area contributed by atoms with Gasteiger partial charge in [-0.3, -0.25) is 14.2 Å². The molecule has 4 aromatic rings. The normalized spacial score (nSPS) is 15.4. The first kappa shape index (κ1) is 20.7. The molecule has 30 heavy (non-hydrogen) atoms. The summed E-state index contributed by atoms with van der Waals surface area (Å²) in [7, 11) is 0. The Kier molecular flexibility index (Phi) is 6.57. The predicted molar refractivity (Wildman–Crippen MR) is 125 cm³/mol. The largest absolute Gasteiger partial charge is 0.295 e. The first-order valence-corrected chi connectivity index (χ1v) is 10.2. The van der Waals surface area contributed by atoms with Crippen LogP contribution in [0, 0.1) is 0 Å². The average Bonchev–Trinajstić information content (AvgIpc) is 3.19. The van der Waals surface area contributed by atoms with E-state index in [2.05, 4.69) is 86.6 Å². The lowest BCUT2D eigenvalue weighted by molar-refractivity contribution is 0.104. The highest BCUT2D eigenvalue weighted by molar-refractivity contribution is 8.93. The highest BCUT2D eigenvalue weighted by atomic mass is 79.9. The van der Waals surface area contributed by atoms with E-state index in [9.17, 15) is 0 Å². The minimum atomic E-state index is 0. The van der Waals surface area contributed by atoms with Gasteiger partial charge in [-0.1, -0.05) is 60.7 Å². The van der Waals surface area contributed by atoms with Gasteiger partial charge in [-0.15, -0.1) is 17.0 Å². The van der Waals surface area contributed by atoms with Crippen molar-refractivity contribution in [2.45, 2.75) is 12.6 Å². The maximum Gasteiger partial charge on any atom is 0.233 e. The van der Waals surface area contributed by atoms with Crippen molar-refractivity contribution in [2.24, 2.45) is 0 Å². The fourth-order valence-corrected chi connectivity index (χ4v) is 4.25. The van der Waals surface area contributed by atoms with Gasteiger partial charge in [0.15, 0.2) is 0 Å². The Bertz CT molecular complexity index is 986. The molecule has 0 saturated carbocycles. The van der Waals surface area contributed by atoms with Crippen molar-refractivity contribution in [1.29, 1.82) is 0 Å². The molecule has 1 saturated heterocycles. The minimum absolute atomic E-state index is 0. The van der Waals surface area contributed by atoms with Crippen LogP contribution in [0.15, 0.2) is 85.3 Å². The second-order valence-corrected chi connectivity index (χ2v) is 7.60. The van der Waals surface area contributed by atoms with Gasteiger partial charge in [-0.2, -0.15) is 0 Å². The first-order valence-electron chi connectivity index (χ1n) is 10.2. The molecule has 0 amide bonds. The summed E-state index contributed by atoms with van der Waals surface area (Å²) in [5, 5.41) is 0. The number of halogens is 1. The lowest BCUT2D eigenvalue weighted by atomic mass is 9.96. The Balaban J connectivity index is 0.00000218. The smallest absolute Gasteiger partial charge is 0.233 e. The molecule has 0 spiro atoms. The maximum atomic E-state index is 4.65. The third kappa shape index (κ3) is 4.46. The van der Waals surface area contributed by atoms with E-state index in [1.165, 1.54) is 11.1 Å². The van der Waals surface area contributed by atoms with Gasteiger partial charge in [0.1, 0.15) is 0 Å². The van der Waals surface area contributed by atoms with E-state index in [0.29, 0.717) is 6.04 Å². The van der Waals surface area contributed by atoms with Crippen molar-refractivity contribution in [2.75, 3.05) is 26.2 Å². The molecule has 1 aliphatic rings. The number of imidazole rings is 1.